The van der Waals surface area contributed by atoms with Crippen LogP contribution >= 0.6 is 0 Å². The summed E-state index contributed by atoms with van der Waals surface area (Å²) in [6, 6.07) is 16.9. The first-order chi connectivity index (χ1) is 14.2. The SMILES string of the molecule is COc1cccc2c1ccn2CCNC(=O)c1ccc(Nc2ncccn2)cc1. The third-order valence-electron chi connectivity index (χ3n) is 4.60. The summed E-state index contributed by atoms with van der Waals surface area (Å²) in [6.07, 6.45) is 5.34. The fourth-order valence-corrected chi connectivity index (χ4v) is 3.16. The van der Waals surface area contributed by atoms with Crippen LogP contribution in [0.5, 0.6) is 5.75 Å². The van der Waals surface area contributed by atoms with Gasteiger partial charge in [-0.25, -0.2) is 9.97 Å². The zero-order chi connectivity index (χ0) is 20.1. The van der Waals surface area contributed by atoms with Gasteiger partial charge >= 0.3 is 0 Å². The molecule has 0 atom stereocenters. The molecule has 1 amide bonds. The topological polar surface area (TPSA) is 81.1 Å². The van der Waals surface area contributed by atoms with E-state index >= 15 is 0 Å². The minimum Gasteiger partial charge on any atom is -0.496 e. The monoisotopic (exact) mass is 387 g/mol. The van der Waals surface area contributed by atoms with Crippen LogP contribution in [0.15, 0.2) is 73.2 Å². The van der Waals surface area contributed by atoms with Crippen molar-refractivity contribution >= 4 is 28.4 Å². The van der Waals surface area contributed by atoms with Crippen molar-refractivity contribution in [3.63, 3.8) is 0 Å². The molecule has 2 aromatic carbocycles. The Kier molecular flexibility index (Phi) is 5.38. The summed E-state index contributed by atoms with van der Waals surface area (Å²) >= 11 is 0. The molecular weight excluding hydrogens is 366 g/mol. The van der Waals surface area contributed by atoms with E-state index in [1.54, 1.807) is 37.7 Å². The van der Waals surface area contributed by atoms with Crippen LogP contribution in [-0.2, 0) is 6.54 Å². The Morgan fingerprint density at radius 3 is 2.59 bits per heavy atom. The number of benzene rings is 2. The number of hydrogen-bond donors (Lipinski definition) is 2. The summed E-state index contributed by atoms with van der Waals surface area (Å²) in [5.74, 6) is 1.25. The molecule has 0 fully saturated rings. The predicted molar refractivity (Wildman–Crippen MR) is 113 cm³/mol. The summed E-state index contributed by atoms with van der Waals surface area (Å²) in [5, 5.41) is 7.12. The molecule has 0 saturated carbocycles. The van der Waals surface area contributed by atoms with Crippen LogP contribution < -0.4 is 15.4 Å². The van der Waals surface area contributed by atoms with Crippen LogP contribution in [0.1, 0.15) is 10.4 Å². The fourth-order valence-electron chi connectivity index (χ4n) is 3.16. The second kappa shape index (κ2) is 8.43. The molecule has 29 heavy (non-hydrogen) atoms. The summed E-state index contributed by atoms with van der Waals surface area (Å²) < 4.78 is 7.49. The molecule has 0 aliphatic rings. The van der Waals surface area contributed by atoms with Crippen molar-refractivity contribution in [1.82, 2.24) is 19.9 Å². The molecule has 0 spiro atoms. The molecule has 7 nitrogen and oxygen atoms in total. The van der Waals surface area contributed by atoms with Crippen molar-refractivity contribution in [2.45, 2.75) is 6.54 Å². The zero-order valence-corrected chi connectivity index (χ0v) is 16.0. The first kappa shape index (κ1) is 18.5. The Labute approximate surface area is 168 Å². The fraction of sp³-hybridized carbons (Fsp3) is 0.136. The normalized spacial score (nSPS) is 10.7. The van der Waals surface area contributed by atoms with Gasteiger partial charge in [0.25, 0.3) is 5.91 Å². The van der Waals surface area contributed by atoms with Gasteiger partial charge in [0.1, 0.15) is 5.75 Å². The van der Waals surface area contributed by atoms with Gasteiger partial charge in [-0.15, -0.1) is 0 Å². The number of methoxy groups -OCH3 is 1. The number of aromatic nitrogens is 3. The van der Waals surface area contributed by atoms with Crippen LogP contribution in [-0.4, -0.2) is 34.1 Å². The molecule has 4 aromatic rings. The van der Waals surface area contributed by atoms with E-state index in [1.165, 1.54) is 0 Å². The molecule has 0 aliphatic carbocycles. The van der Waals surface area contributed by atoms with Gasteiger partial charge in [-0.2, -0.15) is 0 Å². The Morgan fingerprint density at radius 2 is 1.83 bits per heavy atom. The van der Waals surface area contributed by atoms with Gasteiger partial charge in [-0.05, 0) is 48.5 Å². The lowest BCUT2D eigenvalue weighted by Gasteiger charge is -2.09. The average molecular weight is 387 g/mol. The van der Waals surface area contributed by atoms with Crippen molar-refractivity contribution in [2.75, 3.05) is 19.0 Å². The summed E-state index contributed by atoms with van der Waals surface area (Å²) in [6.45, 7) is 1.20. The molecule has 2 aromatic heterocycles. The molecule has 2 N–H and O–H groups in total. The maximum atomic E-state index is 12.4. The van der Waals surface area contributed by atoms with Gasteiger partial charge in [0.05, 0.1) is 12.6 Å². The van der Waals surface area contributed by atoms with Gasteiger partial charge in [0, 0.05) is 48.3 Å². The maximum absolute atomic E-state index is 12.4. The largest absolute Gasteiger partial charge is 0.496 e. The number of hydrogen-bond acceptors (Lipinski definition) is 5. The number of rotatable bonds is 7. The van der Waals surface area contributed by atoms with Crippen LogP contribution in [0.2, 0.25) is 0 Å². The molecule has 2 heterocycles. The second-order valence-electron chi connectivity index (χ2n) is 6.43. The Morgan fingerprint density at radius 1 is 1.03 bits per heavy atom. The summed E-state index contributed by atoms with van der Waals surface area (Å²) in [4.78, 5) is 20.7. The standard InChI is InChI=1S/C22H21N5O2/c1-29-20-5-2-4-19-18(20)10-14-27(19)15-13-23-21(28)16-6-8-17(9-7-16)26-22-24-11-3-12-25-22/h2-12,14H,13,15H2,1H3,(H,23,28)(H,24,25,26). The predicted octanol–water partition coefficient (Wildman–Crippen LogP) is 3.61. The van der Waals surface area contributed by atoms with Crippen molar-refractivity contribution in [3.05, 3.63) is 78.8 Å². The number of amides is 1. The van der Waals surface area contributed by atoms with E-state index in [0.29, 0.717) is 24.6 Å². The molecule has 0 saturated heterocycles. The highest BCUT2D eigenvalue weighted by Gasteiger charge is 2.08. The quantitative estimate of drug-likeness (QED) is 0.506. The molecule has 0 aliphatic heterocycles. The van der Waals surface area contributed by atoms with Crippen LogP contribution in [0.3, 0.4) is 0 Å². The Bertz CT molecular complexity index is 1110. The van der Waals surface area contributed by atoms with E-state index in [4.69, 9.17) is 4.74 Å². The number of ether oxygens (including phenoxy) is 1. The highest BCUT2D eigenvalue weighted by Crippen LogP contribution is 2.26. The molecule has 0 bridgehead atoms. The van der Waals surface area contributed by atoms with Gasteiger partial charge in [0.15, 0.2) is 0 Å². The molecular formula is C22H21N5O2. The lowest BCUT2D eigenvalue weighted by Crippen LogP contribution is -2.27. The van der Waals surface area contributed by atoms with Gasteiger partial charge in [0.2, 0.25) is 5.95 Å². The van der Waals surface area contributed by atoms with Crippen molar-refractivity contribution in [1.29, 1.82) is 0 Å². The molecule has 0 unspecified atom stereocenters. The number of fused-ring (bicyclic) bond motifs is 1. The molecule has 7 heteroatoms. The van der Waals surface area contributed by atoms with E-state index in [-0.39, 0.29) is 5.91 Å². The number of anilines is 2. The van der Waals surface area contributed by atoms with Crippen molar-refractivity contribution in [2.24, 2.45) is 0 Å². The first-order valence-corrected chi connectivity index (χ1v) is 9.29. The number of nitrogens with one attached hydrogen (secondary N) is 2. The van der Waals surface area contributed by atoms with E-state index in [1.807, 2.05) is 42.6 Å². The van der Waals surface area contributed by atoms with Crippen LogP contribution in [0, 0.1) is 0 Å². The van der Waals surface area contributed by atoms with Gasteiger partial charge in [-0.3, -0.25) is 4.79 Å². The molecule has 4 rings (SSSR count). The van der Waals surface area contributed by atoms with Gasteiger partial charge < -0.3 is 19.9 Å². The number of nitrogens with zero attached hydrogens (tertiary/aromatic N) is 3. The lowest BCUT2D eigenvalue weighted by atomic mass is 10.2. The first-order valence-electron chi connectivity index (χ1n) is 9.29. The zero-order valence-electron chi connectivity index (χ0n) is 16.0. The average Bonchev–Trinajstić information content (AvgIpc) is 3.18. The highest BCUT2D eigenvalue weighted by molar-refractivity contribution is 5.94. The lowest BCUT2D eigenvalue weighted by molar-refractivity contribution is 0.0952. The second-order valence-corrected chi connectivity index (χ2v) is 6.43. The third kappa shape index (κ3) is 4.19. The summed E-state index contributed by atoms with van der Waals surface area (Å²) in [7, 11) is 1.67. The Hall–Kier alpha value is -3.87. The minimum absolute atomic E-state index is 0.110. The smallest absolute Gasteiger partial charge is 0.251 e. The number of carbonyl (C=O) groups is 1. The van der Waals surface area contributed by atoms with Crippen molar-refractivity contribution < 1.29 is 9.53 Å². The van der Waals surface area contributed by atoms with Crippen LogP contribution in [0.4, 0.5) is 11.6 Å². The van der Waals surface area contributed by atoms with E-state index in [2.05, 4.69) is 25.2 Å². The van der Waals surface area contributed by atoms with Crippen molar-refractivity contribution in [3.8, 4) is 5.75 Å². The van der Waals surface area contributed by atoms with E-state index in [9.17, 15) is 4.79 Å². The minimum atomic E-state index is -0.110. The number of carbonyl (C=O) groups excluding carboxylic acids is 1. The maximum Gasteiger partial charge on any atom is 0.251 e. The third-order valence-corrected chi connectivity index (χ3v) is 4.60. The van der Waals surface area contributed by atoms with Crippen LogP contribution in [0.25, 0.3) is 10.9 Å². The van der Waals surface area contributed by atoms with E-state index < -0.39 is 0 Å². The van der Waals surface area contributed by atoms with Gasteiger partial charge in [-0.1, -0.05) is 6.07 Å². The molecule has 0 radical (unpaired) electrons. The van der Waals surface area contributed by atoms with E-state index in [0.717, 1.165) is 22.3 Å². The Balaban J connectivity index is 1.34. The summed E-state index contributed by atoms with van der Waals surface area (Å²) in [5.41, 5.74) is 2.50. The highest BCUT2D eigenvalue weighted by atomic mass is 16.5. The molecule has 146 valence electrons.